The summed E-state index contributed by atoms with van der Waals surface area (Å²) in [5, 5.41) is 21.7. The quantitative estimate of drug-likeness (QED) is 0.581. The fraction of sp³-hybridized carbons (Fsp3) is 0.778. The smallest absolute Gasteiger partial charge is 0.245 e. The zero-order valence-corrected chi connectivity index (χ0v) is 9.98. The molecule has 0 spiro atoms. The van der Waals surface area contributed by atoms with E-state index in [9.17, 15) is 10.2 Å². The lowest BCUT2D eigenvalue weighted by Gasteiger charge is -2.13. The molecular weight excluding hydrogens is 230 g/mol. The Bertz CT molecular complexity index is 271. The van der Waals surface area contributed by atoms with Gasteiger partial charge < -0.3 is 20.3 Å². The molecule has 6 nitrogen and oxygen atoms in total. The van der Waals surface area contributed by atoms with Gasteiger partial charge in [0, 0.05) is 13.1 Å². The average molecular weight is 247 g/mol. The van der Waals surface area contributed by atoms with Gasteiger partial charge in [0.1, 0.15) is 18.9 Å². The van der Waals surface area contributed by atoms with Crippen LogP contribution in [-0.2, 0) is 0 Å². The summed E-state index contributed by atoms with van der Waals surface area (Å²) in [6.45, 7) is 2.93. The van der Waals surface area contributed by atoms with Crippen LogP contribution in [0.2, 0.25) is 0 Å². The number of nitrogens with one attached hydrogen (secondary N) is 1. The molecular formula is C9H17N3O3S. The van der Waals surface area contributed by atoms with Gasteiger partial charge in [-0.2, -0.15) is 4.37 Å². The van der Waals surface area contributed by atoms with Crippen molar-refractivity contribution in [1.29, 1.82) is 0 Å². The normalized spacial score (nSPS) is 14.7. The number of aliphatic hydroxyl groups is 2. The van der Waals surface area contributed by atoms with E-state index in [1.54, 1.807) is 0 Å². The summed E-state index contributed by atoms with van der Waals surface area (Å²) in [4.78, 5) is 0. The maximum Gasteiger partial charge on any atom is 0.245 e. The molecule has 0 bridgehead atoms. The molecule has 0 saturated heterocycles. The molecule has 92 valence electrons. The first-order valence-electron chi connectivity index (χ1n) is 5.19. The molecule has 3 N–H and O–H groups in total. The lowest BCUT2D eigenvalue weighted by atomic mass is 10.3. The molecule has 0 fully saturated rings. The summed E-state index contributed by atoms with van der Waals surface area (Å²) in [6, 6.07) is 0. The molecule has 0 radical (unpaired) electrons. The predicted molar refractivity (Wildman–Crippen MR) is 60.6 cm³/mol. The Morgan fingerprint density at radius 2 is 2.19 bits per heavy atom. The Labute approximate surface area is 98.6 Å². The number of nitrogens with zero attached hydrogens (tertiary/aromatic N) is 2. The van der Waals surface area contributed by atoms with Crippen LogP contribution < -0.4 is 10.1 Å². The van der Waals surface area contributed by atoms with Gasteiger partial charge in [0.15, 0.2) is 0 Å². The summed E-state index contributed by atoms with van der Waals surface area (Å²) in [6.07, 6.45) is 1.22. The number of aromatic nitrogens is 2. The highest BCUT2D eigenvalue weighted by Gasteiger charge is 2.07. The Morgan fingerprint density at radius 1 is 1.44 bits per heavy atom. The van der Waals surface area contributed by atoms with Crippen molar-refractivity contribution in [3.8, 4) is 5.88 Å². The van der Waals surface area contributed by atoms with E-state index in [4.69, 9.17) is 4.74 Å². The third-order valence-corrected chi connectivity index (χ3v) is 2.46. The second-order valence-electron chi connectivity index (χ2n) is 3.43. The number of hydrogen-bond acceptors (Lipinski definition) is 7. The Hall–Kier alpha value is -0.760. The van der Waals surface area contributed by atoms with Crippen molar-refractivity contribution in [2.24, 2.45) is 0 Å². The van der Waals surface area contributed by atoms with E-state index in [0.29, 0.717) is 25.4 Å². The number of hydrogen-bond donors (Lipinski definition) is 3. The third-order valence-electron chi connectivity index (χ3n) is 2.00. The highest BCUT2D eigenvalue weighted by atomic mass is 32.1. The van der Waals surface area contributed by atoms with Gasteiger partial charge in [-0.25, -0.2) is 0 Å². The van der Waals surface area contributed by atoms with Crippen molar-refractivity contribution in [2.45, 2.75) is 25.6 Å². The molecule has 1 heterocycles. The zero-order chi connectivity index (χ0) is 11.8. The van der Waals surface area contributed by atoms with Crippen LogP contribution in [0.25, 0.3) is 0 Å². The van der Waals surface area contributed by atoms with E-state index in [1.165, 1.54) is 6.20 Å². The lowest BCUT2D eigenvalue weighted by molar-refractivity contribution is 0.0974. The van der Waals surface area contributed by atoms with Crippen molar-refractivity contribution < 1.29 is 14.9 Å². The topological polar surface area (TPSA) is 87.5 Å². The predicted octanol–water partition coefficient (Wildman–Crippen LogP) is -0.362. The largest absolute Gasteiger partial charge is 0.473 e. The maximum absolute atomic E-state index is 9.52. The van der Waals surface area contributed by atoms with Crippen LogP contribution in [0.15, 0.2) is 6.20 Å². The second kappa shape index (κ2) is 7.50. The van der Waals surface area contributed by atoms with Gasteiger partial charge in [-0.15, -0.1) is 4.37 Å². The molecule has 1 aromatic rings. The standard InChI is InChI=1S/C9H17N3O3S/c1-2-7(13)3-10-4-8(14)6-15-9-5-11-16-12-9/h5,7-8,10,13-14H,2-4,6H2,1H3. The monoisotopic (exact) mass is 247 g/mol. The van der Waals surface area contributed by atoms with E-state index in [2.05, 4.69) is 14.1 Å². The van der Waals surface area contributed by atoms with E-state index < -0.39 is 6.10 Å². The summed E-state index contributed by atoms with van der Waals surface area (Å²) in [5.74, 6) is 0.428. The molecule has 2 atom stereocenters. The van der Waals surface area contributed by atoms with Crippen LogP contribution in [0.4, 0.5) is 0 Å². The molecule has 7 heteroatoms. The van der Waals surface area contributed by atoms with Gasteiger partial charge in [0.05, 0.1) is 17.8 Å². The molecule has 1 aromatic heterocycles. The number of ether oxygens (including phenoxy) is 1. The van der Waals surface area contributed by atoms with Crippen LogP contribution in [-0.4, -0.2) is 50.9 Å². The first-order valence-corrected chi connectivity index (χ1v) is 5.92. The fourth-order valence-electron chi connectivity index (χ4n) is 1.02. The van der Waals surface area contributed by atoms with Crippen molar-refractivity contribution >= 4 is 11.7 Å². The van der Waals surface area contributed by atoms with Gasteiger partial charge in [-0.05, 0) is 6.42 Å². The molecule has 0 aliphatic rings. The fourth-order valence-corrected chi connectivity index (χ4v) is 1.39. The van der Waals surface area contributed by atoms with Crippen molar-refractivity contribution in [2.75, 3.05) is 19.7 Å². The zero-order valence-electron chi connectivity index (χ0n) is 9.17. The van der Waals surface area contributed by atoms with Crippen molar-refractivity contribution in [3.05, 3.63) is 6.20 Å². The molecule has 0 aliphatic carbocycles. The van der Waals surface area contributed by atoms with Crippen LogP contribution >= 0.6 is 11.7 Å². The summed E-state index contributed by atoms with van der Waals surface area (Å²) >= 11 is 1.06. The minimum absolute atomic E-state index is 0.167. The average Bonchev–Trinajstić information content (AvgIpc) is 2.79. The van der Waals surface area contributed by atoms with Crippen LogP contribution in [0, 0.1) is 0 Å². The molecule has 0 aromatic carbocycles. The molecule has 2 unspecified atom stereocenters. The van der Waals surface area contributed by atoms with Crippen LogP contribution in [0.1, 0.15) is 13.3 Å². The van der Waals surface area contributed by atoms with Gasteiger partial charge in [0.25, 0.3) is 0 Å². The maximum atomic E-state index is 9.52. The Kier molecular flexibility index (Phi) is 6.24. The van der Waals surface area contributed by atoms with Gasteiger partial charge in [-0.1, -0.05) is 6.92 Å². The summed E-state index contributed by atoms with van der Waals surface area (Å²) in [5.41, 5.74) is 0. The minimum atomic E-state index is -0.620. The van der Waals surface area contributed by atoms with Gasteiger partial charge in [0.2, 0.25) is 5.88 Å². The summed E-state index contributed by atoms with van der Waals surface area (Å²) in [7, 11) is 0. The van der Waals surface area contributed by atoms with Crippen LogP contribution in [0.3, 0.4) is 0 Å². The first-order chi connectivity index (χ1) is 7.72. The third kappa shape index (κ3) is 5.36. The number of aliphatic hydroxyl groups excluding tert-OH is 2. The molecule has 0 aliphatic heterocycles. The molecule has 0 amide bonds. The van der Waals surface area contributed by atoms with Gasteiger partial charge >= 0.3 is 0 Å². The SMILES string of the molecule is CCC(O)CNCC(O)COc1cnsn1. The van der Waals surface area contributed by atoms with Crippen molar-refractivity contribution in [3.63, 3.8) is 0 Å². The van der Waals surface area contributed by atoms with E-state index in [-0.39, 0.29) is 12.7 Å². The molecule has 1 rings (SSSR count). The number of rotatable bonds is 8. The lowest BCUT2D eigenvalue weighted by Crippen LogP contribution is -2.35. The molecule has 0 saturated carbocycles. The van der Waals surface area contributed by atoms with E-state index in [0.717, 1.165) is 11.7 Å². The van der Waals surface area contributed by atoms with Crippen molar-refractivity contribution in [1.82, 2.24) is 14.1 Å². The van der Waals surface area contributed by atoms with Gasteiger partial charge in [-0.3, -0.25) is 0 Å². The minimum Gasteiger partial charge on any atom is -0.473 e. The Morgan fingerprint density at radius 3 is 2.81 bits per heavy atom. The Balaban J connectivity index is 2.05. The van der Waals surface area contributed by atoms with E-state index in [1.807, 2.05) is 6.92 Å². The summed E-state index contributed by atoms with van der Waals surface area (Å²) < 4.78 is 12.8. The molecule has 16 heavy (non-hydrogen) atoms. The second-order valence-corrected chi connectivity index (χ2v) is 3.99. The first kappa shape index (κ1) is 13.3. The highest BCUT2D eigenvalue weighted by molar-refractivity contribution is 6.99. The highest BCUT2D eigenvalue weighted by Crippen LogP contribution is 2.04. The van der Waals surface area contributed by atoms with Crippen LogP contribution in [0.5, 0.6) is 5.88 Å². The van der Waals surface area contributed by atoms with E-state index >= 15 is 0 Å².